The second kappa shape index (κ2) is 5.32. The van der Waals surface area contributed by atoms with E-state index < -0.39 is 24.7 Å². The van der Waals surface area contributed by atoms with Crippen molar-refractivity contribution in [2.24, 2.45) is 0 Å². The minimum absolute atomic E-state index is 0.195. The summed E-state index contributed by atoms with van der Waals surface area (Å²) in [5, 5.41) is -0.396. The maximum Gasteiger partial charge on any atom is 0.196 e. The molecule has 0 aliphatic rings. The number of nitrogens with zero attached hydrogens (tertiary/aromatic N) is 1. The molecule has 17 heavy (non-hydrogen) atoms. The molecule has 0 N–H and O–H groups in total. The first-order valence-corrected chi connectivity index (χ1v) is 8.80. The van der Waals surface area contributed by atoms with Gasteiger partial charge in [0.2, 0.25) is 0 Å². The van der Waals surface area contributed by atoms with Gasteiger partial charge in [-0.15, -0.1) is 11.6 Å². The number of alkyl halides is 1. The van der Waals surface area contributed by atoms with Gasteiger partial charge in [0.25, 0.3) is 0 Å². The van der Waals surface area contributed by atoms with E-state index in [1.807, 2.05) is 0 Å². The van der Waals surface area contributed by atoms with E-state index in [0.29, 0.717) is 0 Å². The minimum atomic E-state index is -3.71. The molecular weight excluding hydrogens is 286 g/mol. The second-order valence-electron chi connectivity index (χ2n) is 3.44. The maximum atomic E-state index is 11.9. The summed E-state index contributed by atoms with van der Waals surface area (Å²) >= 11 is 5.42. The number of aromatic nitrogens is 1. The second-order valence-corrected chi connectivity index (χ2v) is 7.83. The van der Waals surface area contributed by atoms with E-state index in [9.17, 15) is 16.8 Å². The van der Waals surface area contributed by atoms with Crippen LogP contribution in [-0.4, -0.2) is 39.7 Å². The van der Waals surface area contributed by atoms with E-state index in [1.165, 1.54) is 18.3 Å². The van der Waals surface area contributed by atoms with Crippen LogP contribution < -0.4 is 0 Å². The van der Waals surface area contributed by atoms with Gasteiger partial charge in [0.05, 0.1) is 5.75 Å². The third kappa shape index (κ3) is 3.65. The van der Waals surface area contributed by atoms with E-state index in [2.05, 4.69) is 4.98 Å². The Bertz CT molecular complexity index is 595. The average Bonchev–Trinajstić information content (AvgIpc) is 2.25. The lowest BCUT2D eigenvalue weighted by Gasteiger charge is -2.06. The van der Waals surface area contributed by atoms with Crippen molar-refractivity contribution >= 4 is 31.3 Å². The quantitative estimate of drug-likeness (QED) is 0.754. The highest BCUT2D eigenvalue weighted by Gasteiger charge is 2.24. The van der Waals surface area contributed by atoms with Crippen molar-refractivity contribution in [1.82, 2.24) is 4.98 Å². The fraction of sp³-hybridized carbons (Fsp3) is 0.444. The highest BCUT2D eigenvalue weighted by Crippen LogP contribution is 2.19. The molecule has 0 amide bonds. The molecule has 0 bridgehead atoms. The van der Waals surface area contributed by atoms with Crippen molar-refractivity contribution < 1.29 is 16.8 Å². The van der Waals surface area contributed by atoms with Crippen LogP contribution in [0.2, 0.25) is 0 Å². The van der Waals surface area contributed by atoms with Gasteiger partial charge in [-0.3, -0.25) is 0 Å². The molecule has 8 heteroatoms. The smallest absolute Gasteiger partial charge is 0.196 e. The van der Waals surface area contributed by atoms with Gasteiger partial charge in [-0.25, -0.2) is 21.8 Å². The monoisotopic (exact) mass is 297 g/mol. The Morgan fingerprint density at radius 2 is 1.94 bits per heavy atom. The van der Waals surface area contributed by atoms with Crippen molar-refractivity contribution in [3.8, 4) is 0 Å². The van der Waals surface area contributed by atoms with Crippen LogP contribution in [0.4, 0.5) is 0 Å². The SMILES string of the molecule is CS(=O)(=O)c1cccnc1S(=O)(=O)CCCCl. The number of sulfone groups is 2. The molecule has 1 aromatic heterocycles. The summed E-state index contributed by atoms with van der Waals surface area (Å²) in [7, 11) is -7.33. The zero-order valence-electron chi connectivity index (χ0n) is 9.13. The molecule has 0 saturated heterocycles. The molecule has 1 rings (SSSR count). The van der Waals surface area contributed by atoms with Gasteiger partial charge in [-0.2, -0.15) is 0 Å². The summed E-state index contributed by atoms with van der Waals surface area (Å²) in [6.45, 7) is 0. The zero-order valence-corrected chi connectivity index (χ0v) is 11.5. The molecule has 0 saturated carbocycles. The maximum absolute atomic E-state index is 11.9. The molecule has 0 unspecified atom stereocenters. The Labute approximate surface area is 106 Å². The predicted molar refractivity (Wildman–Crippen MR) is 64.7 cm³/mol. The lowest BCUT2D eigenvalue weighted by atomic mass is 10.5. The standard InChI is InChI=1S/C9H12ClNO4S2/c1-16(12,13)8-4-2-6-11-9(8)17(14,15)7-3-5-10/h2,4,6H,3,5,7H2,1H3. The van der Waals surface area contributed by atoms with Crippen LogP contribution >= 0.6 is 11.6 Å². The molecule has 0 aliphatic heterocycles. The van der Waals surface area contributed by atoms with Crippen molar-refractivity contribution in [1.29, 1.82) is 0 Å². The summed E-state index contributed by atoms with van der Waals surface area (Å²) < 4.78 is 46.6. The largest absolute Gasteiger partial charge is 0.243 e. The van der Waals surface area contributed by atoms with E-state index in [1.54, 1.807) is 0 Å². The lowest BCUT2D eigenvalue weighted by Crippen LogP contribution is -2.14. The van der Waals surface area contributed by atoms with Crippen LogP contribution in [0.15, 0.2) is 28.3 Å². The Morgan fingerprint density at radius 3 is 2.47 bits per heavy atom. The summed E-state index contributed by atoms with van der Waals surface area (Å²) in [5.74, 6) is -0.0176. The van der Waals surface area contributed by atoms with E-state index in [0.717, 1.165) is 6.26 Å². The van der Waals surface area contributed by atoms with Gasteiger partial charge in [0.1, 0.15) is 4.90 Å². The number of rotatable bonds is 5. The van der Waals surface area contributed by atoms with Gasteiger partial charge in [0, 0.05) is 18.3 Å². The van der Waals surface area contributed by atoms with Gasteiger partial charge in [0.15, 0.2) is 24.7 Å². The molecule has 0 fully saturated rings. The molecule has 0 atom stereocenters. The van der Waals surface area contributed by atoms with Crippen LogP contribution in [0.5, 0.6) is 0 Å². The number of halogens is 1. The van der Waals surface area contributed by atoms with E-state index >= 15 is 0 Å². The number of hydrogen-bond donors (Lipinski definition) is 0. The minimum Gasteiger partial charge on any atom is -0.243 e. The molecule has 96 valence electrons. The van der Waals surface area contributed by atoms with Crippen molar-refractivity contribution in [2.75, 3.05) is 17.9 Å². The van der Waals surface area contributed by atoms with Crippen LogP contribution in [0.25, 0.3) is 0 Å². The molecule has 0 spiro atoms. The Balaban J connectivity index is 3.33. The Morgan fingerprint density at radius 1 is 1.29 bits per heavy atom. The third-order valence-electron chi connectivity index (χ3n) is 1.98. The van der Waals surface area contributed by atoms with Crippen LogP contribution in [-0.2, 0) is 19.7 Å². The molecule has 1 heterocycles. The number of hydrogen-bond acceptors (Lipinski definition) is 5. The van der Waals surface area contributed by atoms with Gasteiger partial charge < -0.3 is 0 Å². The first kappa shape index (κ1) is 14.4. The lowest BCUT2D eigenvalue weighted by molar-refractivity contribution is 0.579. The predicted octanol–water partition coefficient (Wildman–Crippen LogP) is 0.888. The van der Waals surface area contributed by atoms with Crippen LogP contribution in [0.3, 0.4) is 0 Å². The van der Waals surface area contributed by atoms with Gasteiger partial charge in [-0.05, 0) is 18.6 Å². The van der Waals surface area contributed by atoms with Gasteiger partial charge >= 0.3 is 0 Å². The summed E-state index contributed by atoms with van der Waals surface area (Å²) in [4.78, 5) is 3.39. The fourth-order valence-corrected chi connectivity index (χ4v) is 4.37. The first-order chi connectivity index (χ1) is 7.79. The molecule has 0 aliphatic carbocycles. The molecule has 5 nitrogen and oxygen atoms in total. The summed E-state index contributed by atoms with van der Waals surface area (Å²) in [5.41, 5.74) is 0. The summed E-state index contributed by atoms with van der Waals surface area (Å²) in [6, 6.07) is 2.62. The molecule has 1 aromatic rings. The van der Waals surface area contributed by atoms with Crippen molar-refractivity contribution in [3.05, 3.63) is 18.3 Å². The zero-order chi connectivity index (χ0) is 13.1. The first-order valence-electron chi connectivity index (χ1n) is 4.73. The van der Waals surface area contributed by atoms with E-state index in [4.69, 9.17) is 11.6 Å². The van der Waals surface area contributed by atoms with Crippen LogP contribution in [0.1, 0.15) is 6.42 Å². The van der Waals surface area contributed by atoms with Crippen molar-refractivity contribution in [3.63, 3.8) is 0 Å². The molecule has 0 radical (unpaired) electrons. The topological polar surface area (TPSA) is 81.2 Å². The average molecular weight is 298 g/mol. The van der Waals surface area contributed by atoms with Crippen LogP contribution in [0, 0.1) is 0 Å². The third-order valence-corrected chi connectivity index (χ3v) is 5.24. The highest BCUT2D eigenvalue weighted by atomic mass is 35.5. The molecular formula is C9H12ClNO4S2. The highest BCUT2D eigenvalue weighted by molar-refractivity contribution is 7.94. The number of pyridine rings is 1. The van der Waals surface area contributed by atoms with Gasteiger partial charge in [-0.1, -0.05) is 0 Å². The fourth-order valence-electron chi connectivity index (χ4n) is 1.23. The Kier molecular flexibility index (Phi) is 4.51. The molecule has 0 aromatic carbocycles. The summed E-state index contributed by atoms with van der Waals surface area (Å²) in [6.07, 6.45) is 2.45. The van der Waals surface area contributed by atoms with Crippen molar-refractivity contribution in [2.45, 2.75) is 16.3 Å². The van der Waals surface area contributed by atoms with E-state index in [-0.39, 0.29) is 22.9 Å². The Hall–Kier alpha value is -0.660. The normalized spacial score (nSPS) is 12.6.